The summed E-state index contributed by atoms with van der Waals surface area (Å²) >= 11 is 8.44. The number of piperidine rings is 1. The minimum atomic E-state index is -0.567. The number of alkyl carbamates (subject to hydrolysis) is 1. The summed E-state index contributed by atoms with van der Waals surface area (Å²) in [5, 5.41) is 3.44. The van der Waals surface area contributed by atoms with Crippen molar-refractivity contribution in [3.8, 4) is 21.6 Å². The number of ether oxygens (including phenoxy) is 1. The average Bonchev–Trinajstić information content (AvgIpc) is 3.23. The van der Waals surface area contributed by atoms with Crippen molar-refractivity contribution >= 4 is 34.9 Å². The van der Waals surface area contributed by atoms with Crippen LogP contribution in [0.4, 0.5) is 4.79 Å². The summed E-state index contributed by atoms with van der Waals surface area (Å²) in [6, 6.07) is 11.7. The highest BCUT2D eigenvalue weighted by Gasteiger charge is 2.28. The fourth-order valence-electron chi connectivity index (χ4n) is 4.69. The van der Waals surface area contributed by atoms with Gasteiger partial charge in [-0.2, -0.15) is 0 Å². The number of benzene rings is 1. The second-order valence-electron chi connectivity index (χ2n) is 12.2. The molecule has 0 aliphatic carbocycles. The summed E-state index contributed by atoms with van der Waals surface area (Å²) in [6.07, 6.45) is 3.02. The molecule has 3 heterocycles. The quantitative estimate of drug-likeness (QED) is 0.348. The Bertz CT molecular complexity index is 1370. The molecule has 39 heavy (non-hydrogen) atoms. The molecule has 1 N–H and O–H groups in total. The molecule has 4 rings (SSSR count). The number of halogens is 1. The Morgan fingerprint density at radius 3 is 2.49 bits per heavy atom. The molecule has 1 aliphatic heterocycles. The lowest BCUT2D eigenvalue weighted by molar-refractivity contribution is 0.0452. The molecule has 1 aromatic carbocycles. The number of likely N-dealkylation sites (tertiary alicyclic amines) is 1. The van der Waals surface area contributed by atoms with E-state index in [0.29, 0.717) is 23.7 Å². The van der Waals surface area contributed by atoms with E-state index in [1.807, 2.05) is 45.2 Å². The predicted octanol–water partition coefficient (Wildman–Crippen LogP) is 7.87. The van der Waals surface area contributed by atoms with Crippen LogP contribution in [0.1, 0.15) is 75.3 Å². The van der Waals surface area contributed by atoms with E-state index < -0.39 is 11.7 Å². The molecule has 8 heteroatoms. The van der Waals surface area contributed by atoms with Crippen LogP contribution in [0.15, 0.2) is 42.6 Å². The normalized spacial score (nSPS) is 16.2. The lowest BCUT2D eigenvalue weighted by atomic mass is 9.90. The van der Waals surface area contributed by atoms with Gasteiger partial charge in [-0.05, 0) is 82.0 Å². The van der Waals surface area contributed by atoms with Gasteiger partial charge in [-0.3, -0.25) is 9.78 Å². The van der Waals surface area contributed by atoms with Gasteiger partial charge < -0.3 is 15.0 Å². The number of carbonyl (C=O) groups is 2. The number of nitrogens with one attached hydrogen (secondary N) is 1. The largest absolute Gasteiger partial charge is 0.444 e. The standard InChI is InChI=1S/C31H38ClN3O3S/c1-19-24(20-12-13-33-27(16-20)30(2,3)4)17-26(39-19)23-11-10-21(15-25(23)32)28(36)35-14-8-9-22(18-35)34-29(37)38-31(5,6)7/h10-13,15-17,22H,8-9,14,18H2,1-7H3,(H,34,37)/t22-/m1/s1. The SMILES string of the molecule is Cc1sc(-c2ccc(C(=O)N3CCC[C@@H](NC(=O)OC(C)(C)C)C3)cc2Cl)cc1-c1ccnc(C(C)(C)C)c1. The van der Waals surface area contributed by atoms with Crippen LogP contribution in [0.5, 0.6) is 0 Å². The summed E-state index contributed by atoms with van der Waals surface area (Å²) in [6.45, 7) is 15.2. The zero-order chi connectivity index (χ0) is 28.5. The van der Waals surface area contributed by atoms with Crippen molar-refractivity contribution in [1.82, 2.24) is 15.2 Å². The summed E-state index contributed by atoms with van der Waals surface area (Å²) in [7, 11) is 0. The average molecular weight is 568 g/mol. The first-order valence-electron chi connectivity index (χ1n) is 13.4. The number of aromatic nitrogens is 1. The first-order valence-corrected chi connectivity index (χ1v) is 14.6. The minimum absolute atomic E-state index is 0.0331. The van der Waals surface area contributed by atoms with Crippen molar-refractivity contribution in [3.05, 3.63) is 63.8 Å². The number of hydrogen-bond donors (Lipinski definition) is 1. The van der Waals surface area contributed by atoms with Gasteiger partial charge in [-0.1, -0.05) is 38.4 Å². The highest BCUT2D eigenvalue weighted by atomic mass is 35.5. The molecule has 0 saturated carbocycles. The molecule has 3 aromatic rings. The van der Waals surface area contributed by atoms with E-state index in [1.165, 1.54) is 4.88 Å². The molecule has 0 bridgehead atoms. The summed E-state index contributed by atoms with van der Waals surface area (Å²) in [5.74, 6) is -0.0892. The van der Waals surface area contributed by atoms with Crippen LogP contribution in [0, 0.1) is 6.92 Å². The molecule has 1 fully saturated rings. The zero-order valence-corrected chi connectivity index (χ0v) is 25.4. The van der Waals surface area contributed by atoms with Crippen LogP contribution >= 0.6 is 22.9 Å². The van der Waals surface area contributed by atoms with Gasteiger partial charge in [0.1, 0.15) is 5.60 Å². The molecule has 6 nitrogen and oxygen atoms in total. The zero-order valence-electron chi connectivity index (χ0n) is 23.9. The minimum Gasteiger partial charge on any atom is -0.444 e. The second-order valence-corrected chi connectivity index (χ2v) is 13.9. The number of carbonyl (C=O) groups excluding carboxylic acids is 2. The molecular weight excluding hydrogens is 530 g/mol. The van der Waals surface area contributed by atoms with Crippen molar-refractivity contribution in [3.63, 3.8) is 0 Å². The number of rotatable bonds is 4. The Hall–Kier alpha value is -2.90. The number of hydrogen-bond acceptors (Lipinski definition) is 5. The topological polar surface area (TPSA) is 71.5 Å². The van der Waals surface area contributed by atoms with Crippen molar-refractivity contribution in [2.75, 3.05) is 13.1 Å². The van der Waals surface area contributed by atoms with Crippen molar-refractivity contribution in [2.45, 2.75) is 78.4 Å². The molecule has 1 aliphatic rings. The van der Waals surface area contributed by atoms with Gasteiger partial charge in [-0.25, -0.2) is 4.79 Å². The van der Waals surface area contributed by atoms with Crippen LogP contribution < -0.4 is 5.32 Å². The number of thiophene rings is 1. The predicted molar refractivity (Wildman–Crippen MR) is 160 cm³/mol. The first kappa shape index (κ1) is 29.1. The molecule has 0 radical (unpaired) electrons. The summed E-state index contributed by atoms with van der Waals surface area (Å²) in [4.78, 5) is 34.1. The van der Waals surface area contributed by atoms with Crippen LogP contribution in [-0.2, 0) is 10.2 Å². The second kappa shape index (κ2) is 11.3. The fraction of sp³-hybridized carbons (Fsp3) is 0.452. The van der Waals surface area contributed by atoms with E-state index >= 15 is 0 Å². The van der Waals surface area contributed by atoms with Gasteiger partial charge in [0.2, 0.25) is 0 Å². The number of aryl methyl sites for hydroxylation is 1. The molecular formula is C31H38ClN3O3S. The van der Waals surface area contributed by atoms with E-state index in [9.17, 15) is 9.59 Å². The van der Waals surface area contributed by atoms with E-state index in [2.05, 4.69) is 50.1 Å². The van der Waals surface area contributed by atoms with Gasteiger partial charge in [-0.15, -0.1) is 11.3 Å². The van der Waals surface area contributed by atoms with Gasteiger partial charge >= 0.3 is 6.09 Å². The van der Waals surface area contributed by atoms with E-state index in [4.69, 9.17) is 16.3 Å². The third kappa shape index (κ3) is 7.20. The highest BCUT2D eigenvalue weighted by Crippen LogP contribution is 2.40. The molecule has 1 saturated heterocycles. The Labute approximate surface area is 240 Å². The van der Waals surface area contributed by atoms with Gasteiger partial charge in [0.15, 0.2) is 0 Å². The number of pyridine rings is 1. The van der Waals surface area contributed by atoms with Gasteiger partial charge in [0.25, 0.3) is 5.91 Å². The Morgan fingerprint density at radius 2 is 1.82 bits per heavy atom. The van der Waals surface area contributed by atoms with Gasteiger partial charge in [0.05, 0.1) is 5.02 Å². The summed E-state index contributed by atoms with van der Waals surface area (Å²) < 4.78 is 5.38. The monoisotopic (exact) mass is 567 g/mol. The lowest BCUT2D eigenvalue weighted by Crippen LogP contribution is -2.50. The molecule has 2 aromatic heterocycles. The molecule has 0 unspecified atom stereocenters. The maximum Gasteiger partial charge on any atom is 0.407 e. The molecule has 0 spiro atoms. The highest BCUT2D eigenvalue weighted by molar-refractivity contribution is 7.16. The van der Waals surface area contributed by atoms with E-state index in [0.717, 1.165) is 40.1 Å². The first-order chi connectivity index (χ1) is 18.2. The van der Waals surface area contributed by atoms with Crippen molar-refractivity contribution in [2.24, 2.45) is 0 Å². The van der Waals surface area contributed by atoms with Gasteiger partial charge in [0, 0.05) is 57.3 Å². The van der Waals surface area contributed by atoms with Crippen molar-refractivity contribution in [1.29, 1.82) is 0 Å². The summed E-state index contributed by atoms with van der Waals surface area (Å²) in [5.41, 5.74) is 4.19. The lowest BCUT2D eigenvalue weighted by Gasteiger charge is -2.33. The molecule has 208 valence electrons. The fourth-order valence-corrected chi connectivity index (χ4v) is 6.11. The Kier molecular flexibility index (Phi) is 8.43. The van der Waals surface area contributed by atoms with E-state index in [1.54, 1.807) is 22.3 Å². The van der Waals surface area contributed by atoms with E-state index in [-0.39, 0.29) is 17.4 Å². The Morgan fingerprint density at radius 1 is 1.08 bits per heavy atom. The van der Waals surface area contributed by atoms with Crippen LogP contribution in [0.3, 0.4) is 0 Å². The number of amides is 2. The number of nitrogens with zero attached hydrogens (tertiary/aromatic N) is 2. The van der Waals surface area contributed by atoms with Crippen LogP contribution in [-0.4, -0.2) is 46.6 Å². The van der Waals surface area contributed by atoms with Crippen LogP contribution in [0.2, 0.25) is 5.02 Å². The third-order valence-electron chi connectivity index (χ3n) is 6.67. The maximum atomic E-state index is 13.3. The van der Waals surface area contributed by atoms with Crippen molar-refractivity contribution < 1.29 is 14.3 Å². The molecule has 2 amide bonds. The van der Waals surface area contributed by atoms with Crippen LogP contribution in [0.25, 0.3) is 21.6 Å². The molecule has 1 atom stereocenters. The smallest absolute Gasteiger partial charge is 0.407 e. The third-order valence-corrected chi connectivity index (χ3v) is 8.06. The maximum absolute atomic E-state index is 13.3. The Balaban J connectivity index is 1.50.